The molecule has 0 N–H and O–H groups in total. The molecule has 0 aliphatic carbocycles. The number of hydrogen-bond acceptors (Lipinski definition) is 4. The zero-order valence-corrected chi connectivity index (χ0v) is 14.2. The Bertz CT molecular complexity index is 888. The number of benzene rings is 1. The van der Waals surface area contributed by atoms with Gasteiger partial charge < -0.3 is 13.9 Å². The van der Waals surface area contributed by atoms with Gasteiger partial charge in [-0.25, -0.2) is 4.98 Å². The van der Waals surface area contributed by atoms with Crippen LogP contribution in [0.1, 0.15) is 17.7 Å². The molecule has 1 aromatic carbocycles. The van der Waals surface area contributed by atoms with Crippen molar-refractivity contribution in [2.45, 2.75) is 13.0 Å². The molecule has 0 atom stereocenters. The van der Waals surface area contributed by atoms with Crippen molar-refractivity contribution in [1.29, 1.82) is 5.26 Å². The van der Waals surface area contributed by atoms with Crippen LogP contribution in [-0.2, 0) is 11.3 Å². The summed E-state index contributed by atoms with van der Waals surface area (Å²) in [7, 11) is 0. The minimum Gasteiger partial charge on any atom is -0.467 e. The van der Waals surface area contributed by atoms with Gasteiger partial charge in [-0.2, -0.15) is 5.26 Å². The number of carbonyl (C=O) groups is 1. The van der Waals surface area contributed by atoms with E-state index in [1.807, 2.05) is 41.1 Å². The number of hydrogen-bond donors (Lipinski definition) is 0. The van der Waals surface area contributed by atoms with Crippen molar-refractivity contribution in [2.75, 3.05) is 6.54 Å². The average molecular weight is 346 g/mol. The van der Waals surface area contributed by atoms with Crippen LogP contribution < -0.4 is 0 Å². The van der Waals surface area contributed by atoms with Crippen molar-refractivity contribution in [2.24, 2.45) is 0 Å². The maximum atomic E-state index is 12.5. The molecule has 26 heavy (non-hydrogen) atoms. The third-order valence-electron chi connectivity index (χ3n) is 3.85. The zero-order chi connectivity index (χ0) is 18.2. The summed E-state index contributed by atoms with van der Waals surface area (Å²) in [5.41, 5.74) is 1.92. The second-order valence-corrected chi connectivity index (χ2v) is 5.64. The molecular formula is C20H18N4O2. The van der Waals surface area contributed by atoms with Crippen LogP contribution in [0.4, 0.5) is 0 Å². The smallest absolute Gasteiger partial charge is 0.247 e. The highest BCUT2D eigenvalue weighted by Crippen LogP contribution is 2.12. The summed E-state index contributed by atoms with van der Waals surface area (Å²) in [5.74, 6) is 0.532. The van der Waals surface area contributed by atoms with Crippen molar-refractivity contribution in [1.82, 2.24) is 14.5 Å². The van der Waals surface area contributed by atoms with Gasteiger partial charge in [0.25, 0.3) is 0 Å². The molecule has 0 unspecified atom stereocenters. The van der Waals surface area contributed by atoms with Crippen LogP contribution in [0, 0.1) is 11.3 Å². The minimum absolute atomic E-state index is 0.157. The summed E-state index contributed by atoms with van der Waals surface area (Å²) < 4.78 is 7.21. The van der Waals surface area contributed by atoms with E-state index in [1.165, 1.54) is 6.08 Å². The fraction of sp³-hybridized carbons (Fsp3) is 0.150. The molecular weight excluding hydrogens is 328 g/mol. The molecule has 0 radical (unpaired) electrons. The van der Waals surface area contributed by atoms with Gasteiger partial charge in [-0.1, -0.05) is 12.1 Å². The normalized spacial score (nSPS) is 10.7. The Morgan fingerprint density at radius 2 is 2.15 bits per heavy atom. The number of furan rings is 1. The molecule has 6 nitrogen and oxygen atoms in total. The van der Waals surface area contributed by atoms with Crippen LogP contribution in [0.25, 0.3) is 11.8 Å². The van der Waals surface area contributed by atoms with Gasteiger partial charge >= 0.3 is 0 Å². The third-order valence-corrected chi connectivity index (χ3v) is 3.85. The lowest BCUT2D eigenvalue weighted by atomic mass is 10.2. The Labute approximate surface area is 151 Å². The van der Waals surface area contributed by atoms with E-state index in [0.717, 1.165) is 11.3 Å². The molecule has 0 fully saturated rings. The highest BCUT2D eigenvalue weighted by Gasteiger charge is 2.12. The SMILES string of the molecule is N#CCCN(Cc1ccco1)C(=O)C=Cc1ccc(-n2ccnc2)cc1. The maximum Gasteiger partial charge on any atom is 0.247 e. The number of nitrogens with zero attached hydrogens (tertiary/aromatic N) is 4. The Morgan fingerprint density at radius 1 is 1.31 bits per heavy atom. The zero-order valence-electron chi connectivity index (χ0n) is 14.2. The van der Waals surface area contributed by atoms with E-state index in [-0.39, 0.29) is 12.3 Å². The largest absolute Gasteiger partial charge is 0.467 e. The molecule has 0 aliphatic heterocycles. The van der Waals surface area contributed by atoms with Gasteiger partial charge in [-0.05, 0) is 35.9 Å². The standard InChI is InChI=1S/C20H18N4O2/c21-10-2-12-23(15-19-3-1-14-26-19)20(25)9-6-17-4-7-18(8-5-17)24-13-11-22-16-24/h1,3-9,11,13-14,16H,2,12,15H2. The topological polar surface area (TPSA) is 75.1 Å². The lowest BCUT2D eigenvalue weighted by Gasteiger charge is -2.18. The predicted octanol–water partition coefficient (Wildman–Crippen LogP) is 3.42. The molecule has 3 aromatic rings. The van der Waals surface area contributed by atoms with Crippen molar-refractivity contribution in [3.05, 3.63) is 78.8 Å². The first-order valence-electron chi connectivity index (χ1n) is 8.21. The summed E-state index contributed by atoms with van der Waals surface area (Å²) in [6.45, 7) is 0.706. The van der Waals surface area contributed by atoms with Gasteiger partial charge in [0.05, 0.1) is 31.6 Å². The molecule has 2 heterocycles. The Balaban J connectivity index is 1.66. The van der Waals surface area contributed by atoms with Gasteiger partial charge in [-0.15, -0.1) is 0 Å². The number of imidazole rings is 1. The summed E-state index contributed by atoms with van der Waals surface area (Å²) in [6.07, 6.45) is 10.5. The van der Waals surface area contributed by atoms with Gasteiger partial charge in [0.1, 0.15) is 5.76 Å². The molecule has 0 bridgehead atoms. The first-order chi connectivity index (χ1) is 12.8. The molecule has 3 rings (SSSR count). The van der Waals surface area contributed by atoms with Crippen LogP contribution >= 0.6 is 0 Å². The summed E-state index contributed by atoms with van der Waals surface area (Å²) in [6, 6.07) is 13.5. The molecule has 6 heteroatoms. The molecule has 1 amide bonds. The summed E-state index contributed by atoms with van der Waals surface area (Å²) in [5, 5.41) is 8.80. The maximum absolute atomic E-state index is 12.5. The van der Waals surface area contributed by atoms with Gasteiger partial charge in [-0.3, -0.25) is 4.79 Å². The van der Waals surface area contributed by atoms with Gasteiger partial charge in [0.15, 0.2) is 0 Å². The van der Waals surface area contributed by atoms with Crippen molar-refractivity contribution in [3.63, 3.8) is 0 Å². The predicted molar refractivity (Wildman–Crippen MR) is 97.0 cm³/mol. The minimum atomic E-state index is -0.157. The summed E-state index contributed by atoms with van der Waals surface area (Å²) in [4.78, 5) is 18.1. The van der Waals surface area contributed by atoms with E-state index >= 15 is 0 Å². The lowest BCUT2D eigenvalue weighted by molar-refractivity contribution is -0.126. The van der Waals surface area contributed by atoms with E-state index < -0.39 is 0 Å². The molecule has 0 saturated carbocycles. The summed E-state index contributed by atoms with van der Waals surface area (Å²) >= 11 is 0. The first-order valence-corrected chi connectivity index (χ1v) is 8.21. The Morgan fingerprint density at radius 3 is 2.81 bits per heavy atom. The Hall–Kier alpha value is -3.59. The van der Waals surface area contributed by atoms with E-state index in [9.17, 15) is 4.79 Å². The molecule has 2 aromatic heterocycles. The number of rotatable bonds is 7. The van der Waals surface area contributed by atoms with E-state index in [1.54, 1.807) is 35.8 Å². The van der Waals surface area contributed by atoms with Crippen LogP contribution in [0.15, 0.2) is 71.9 Å². The second kappa shape index (κ2) is 8.49. The monoisotopic (exact) mass is 346 g/mol. The lowest BCUT2D eigenvalue weighted by Crippen LogP contribution is -2.29. The fourth-order valence-corrected chi connectivity index (χ4v) is 2.49. The first kappa shape index (κ1) is 17.2. The highest BCUT2D eigenvalue weighted by atomic mass is 16.3. The Kier molecular flexibility index (Phi) is 5.63. The fourth-order valence-electron chi connectivity index (χ4n) is 2.49. The van der Waals surface area contributed by atoms with E-state index in [0.29, 0.717) is 18.8 Å². The van der Waals surface area contributed by atoms with E-state index in [4.69, 9.17) is 9.68 Å². The molecule has 0 saturated heterocycles. The quantitative estimate of drug-likeness (QED) is 0.614. The molecule has 0 aliphatic rings. The molecule has 130 valence electrons. The van der Waals surface area contributed by atoms with Crippen LogP contribution in [-0.4, -0.2) is 26.9 Å². The van der Waals surface area contributed by atoms with Crippen molar-refractivity contribution in [3.8, 4) is 11.8 Å². The number of nitriles is 1. The highest BCUT2D eigenvalue weighted by molar-refractivity contribution is 5.91. The average Bonchev–Trinajstić information content (AvgIpc) is 3.37. The van der Waals surface area contributed by atoms with Crippen LogP contribution in [0.2, 0.25) is 0 Å². The van der Waals surface area contributed by atoms with Crippen molar-refractivity contribution < 1.29 is 9.21 Å². The number of carbonyl (C=O) groups excluding carboxylic acids is 1. The van der Waals surface area contributed by atoms with E-state index in [2.05, 4.69) is 11.1 Å². The van der Waals surface area contributed by atoms with Crippen LogP contribution in [0.3, 0.4) is 0 Å². The van der Waals surface area contributed by atoms with Crippen LogP contribution in [0.5, 0.6) is 0 Å². The van der Waals surface area contributed by atoms with Crippen molar-refractivity contribution >= 4 is 12.0 Å². The van der Waals surface area contributed by atoms with Gasteiger partial charge in [0, 0.05) is 30.7 Å². The molecule has 0 spiro atoms. The number of aromatic nitrogens is 2. The third kappa shape index (κ3) is 4.48. The van der Waals surface area contributed by atoms with Gasteiger partial charge in [0.2, 0.25) is 5.91 Å². The second-order valence-electron chi connectivity index (χ2n) is 5.64. The number of amides is 1.